The molecule has 0 radical (unpaired) electrons. The molecule has 0 spiro atoms. The highest BCUT2D eigenvalue weighted by Gasteiger charge is 2.32. The van der Waals surface area contributed by atoms with E-state index in [9.17, 15) is 13.2 Å². The number of rotatable bonds is 3. The SMILES string of the molecule is C=Cc1nnc(-c2ccc(C(F)(F)F)cc2OC)c2c1CCC2. The summed E-state index contributed by atoms with van der Waals surface area (Å²) in [6, 6.07) is 3.44. The second-order valence-electron chi connectivity index (χ2n) is 5.36. The van der Waals surface area contributed by atoms with E-state index in [1.807, 2.05) is 0 Å². The number of nitrogens with zero attached hydrogens (tertiary/aromatic N) is 2. The predicted octanol–water partition coefficient (Wildman–Crippen LogP) is 4.30. The Kier molecular flexibility index (Phi) is 3.83. The fraction of sp³-hybridized carbons (Fsp3) is 0.294. The summed E-state index contributed by atoms with van der Waals surface area (Å²) in [6.45, 7) is 3.73. The molecule has 0 fully saturated rings. The molecule has 1 aromatic heterocycles. The van der Waals surface area contributed by atoms with Gasteiger partial charge in [0, 0.05) is 5.56 Å². The fourth-order valence-corrected chi connectivity index (χ4v) is 2.96. The second-order valence-corrected chi connectivity index (χ2v) is 5.36. The van der Waals surface area contributed by atoms with E-state index in [1.165, 1.54) is 13.2 Å². The van der Waals surface area contributed by atoms with Gasteiger partial charge >= 0.3 is 6.18 Å². The maximum Gasteiger partial charge on any atom is 0.416 e. The van der Waals surface area contributed by atoms with Gasteiger partial charge in [-0.2, -0.15) is 18.3 Å². The van der Waals surface area contributed by atoms with E-state index in [4.69, 9.17) is 4.74 Å². The number of hydrogen-bond donors (Lipinski definition) is 0. The lowest BCUT2D eigenvalue weighted by Gasteiger charge is -2.14. The van der Waals surface area contributed by atoms with Gasteiger partial charge in [0.15, 0.2) is 0 Å². The van der Waals surface area contributed by atoms with E-state index in [-0.39, 0.29) is 5.75 Å². The Hall–Kier alpha value is -2.37. The molecule has 0 saturated heterocycles. The van der Waals surface area contributed by atoms with E-state index in [0.717, 1.165) is 48.2 Å². The minimum atomic E-state index is -4.41. The molecule has 0 bridgehead atoms. The quantitative estimate of drug-likeness (QED) is 0.845. The van der Waals surface area contributed by atoms with E-state index >= 15 is 0 Å². The Balaban J connectivity index is 2.16. The number of halogens is 3. The number of benzene rings is 1. The maximum atomic E-state index is 12.9. The Morgan fingerprint density at radius 1 is 1.17 bits per heavy atom. The number of hydrogen-bond acceptors (Lipinski definition) is 3. The van der Waals surface area contributed by atoms with Crippen molar-refractivity contribution in [2.75, 3.05) is 7.11 Å². The van der Waals surface area contributed by atoms with Gasteiger partial charge in [0.2, 0.25) is 0 Å². The van der Waals surface area contributed by atoms with E-state index in [2.05, 4.69) is 16.8 Å². The lowest BCUT2D eigenvalue weighted by molar-refractivity contribution is -0.137. The van der Waals surface area contributed by atoms with Crippen LogP contribution in [0, 0.1) is 0 Å². The number of aromatic nitrogens is 2. The Labute approximate surface area is 131 Å². The van der Waals surface area contributed by atoms with Crippen LogP contribution in [0.1, 0.15) is 28.8 Å². The lowest BCUT2D eigenvalue weighted by Crippen LogP contribution is -2.06. The van der Waals surface area contributed by atoms with Crippen LogP contribution >= 0.6 is 0 Å². The van der Waals surface area contributed by atoms with Crippen LogP contribution in [-0.4, -0.2) is 17.3 Å². The normalized spacial score (nSPS) is 13.7. The van der Waals surface area contributed by atoms with Crippen molar-refractivity contribution < 1.29 is 17.9 Å². The van der Waals surface area contributed by atoms with Gasteiger partial charge in [0.25, 0.3) is 0 Å². The molecule has 1 heterocycles. The van der Waals surface area contributed by atoms with Crippen molar-refractivity contribution in [2.24, 2.45) is 0 Å². The second kappa shape index (κ2) is 5.68. The van der Waals surface area contributed by atoms with Gasteiger partial charge in [0.1, 0.15) is 11.4 Å². The van der Waals surface area contributed by atoms with Gasteiger partial charge in [-0.3, -0.25) is 0 Å². The van der Waals surface area contributed by atoms with Crippen LogP contribution in [0.2, 0.25) is 0 Å². The predicted molar refractivity (Wildman–Crippen MR) is 81.1 cm³/mol. The van der Waals surface area contributed by atoms with Crippen molar-refractivity contribution in [3.05, 3.63) is 47.2 Å². The molecule has 0 saturated carbocycles. The van der Waals surface area contributed by atoms with Crippen LogP contribution in [0.15, 0.2) is 24.8 Å². The summed E-state index contributed by atoms with van der Waals surface area (Å²) in [5.74, 6) is 0.148. The summed E-state index contributed by atoms with van der Waals surface area (Å²) in [5.41, 5.74) is 3.22. The summed E-state index contributed by atoms with van der Waals surface area (Å²) >= 11 is 0. The van der Waals surface area contributed by atoms with Crippen LogP contribution < -0.4 is 4.74 Å². The van der Waals surface area contributed by atoms with Gasteiger partial charge in [0.05, 0.1) is 18.4 Å². The van der Waals surface area contributed by atoms with Crippen molar-refractivity contribution in [1.29, 1.82) is 0 Å². The third-order valence-corrected chi connectivity index (χ3v) is 4.05. The molecule has 0 N–H and O–H groups in total. The monoisotopic (exact) mass is 320 g/mol. The third kappa shape index (κ3) is 2.69. The van der Waals surface area contributed by atoms with E-state index < -0.39 is 11.7 Å². The first-order valence-corrected chi connectivity index (χ1v) is 7.22. The molecule has 6 heteroatoms. The molecule has 0 unspecified atom stereocenters. The van der Waals surface area contributed by atoms with Crippen LogP contribution in [0.25, 0.3) is 17.3 Å². The van der Waals surface area contributed by atoms with Crippen LogP contribution in [-0.2, 0) is 19.0 Å². The zero-order chi connectivity index (χ0) is 16.6. The van der Waals surface area contributed by atoms with Gasteiger partial charge in [-0.05, 0) is 54.7 Å². The highest BCUT2D eigenvalue weighted by atomic mass is 19.4. The molecule has 0 atom stereocenters. The number of ether oxygens (including phenoxy) is 1. The van der Waals surface area contributed by atoms with Crippen molar-refractivity contribution >= 4 is 6.08 Å². The Morgan fingerprint density at radius 2 is 1.91 bits per heavy atom. The first kappa shape index (κ1) is 15.5. The molecule has 0 aliphatic heterocycles. The van der Waals surface area contributed by atoms with Gasteiger partial charge in [-0.1, -0.05) is 6.58 Å². The molecule has 2 aromatic rings. The highest BCUT2D eigenvalue weighted by Crippen LogP contribution is 2.39. The summed E-state index contributed by atoms with van der Waals surface area (Å²) < 4.78 is 43.8. The average molecular weight is 320 g/mol. The zero-order valence-corrected chi connectivity index (χ0v) is 12.6. The van der Waals surface area contributed by atoms with Crippen LogP contribution in [0.4, 0.5) is 13.2 Å². The summed E-state index contributed by atoms with van der Waals surface area (Å²) in [4.78, 5) is 0. The van der Waals surface area contributed by atoms with Gasteiger partial charge in [-0.15, -0.1) is 5.10 Å². The third-order valence-electron chi connectivity index (χ3n) is 4.05. The molecule has 1 aliphatic carbocycles. The fourth-order valence-electron chi connectivity index (χ4n) is 2.96. The molecule has 3 rings (SSSR count). The standard InChI is InChI=1S/C17H15F3N2O/c1-3-14-11-5-4-6-12(11)16(22-21-14)13-8-7-10(17(18,19)20)9-15(13)23-2/h3,7-9H,1,4-6H2,2H3. The van der Waals surface area contributed by atoms with E-state index in [1.54, 1.807) is 6.08 Å². The number of fused-ring (bicyclic) bond motifs is 1. The molecule has 0 amide bonds. The Morgan fingerprint density at radius 3 is 2.57 bits per heavy atom. The minimum Gasteiger partial charge on any atom is -0.496 e. The van der Waals surface area contributed by atoms with Crippen molar-refractivity contribution in [3.63, 3.8) is 0 Å². The summed E-state index contributed by atoms with van der Waals surface area (Å²) in [6.07, 6.45) is -0.0795. The Bertz CT molecular complexity index is 769. The first-order valence-electron chi connectivity index (χ1n) is 7.22. The van der Waals surface area contributed by atoms with Crippen LogP contribution in [0.3, 0.4) is 0 Å². The van der Waals surface area contributed by atoms with E-state index in [0.29, 0.717) is 11.3 Å². The van der Waals surface area contributed by atoms with Gasteiger partial charge in [-0.25, -0.2) is 0 Å². The molecule has 23 heavy (non-hydrogen) atoms. The summed E-state index contributed by atoms with van der Waals surface area (Å²) in [5, 5.41) is 8.36. The summed E-state index contributed by atoms with van der Waals surface area (Å²) in [7, 11) is 1.35. The molecule has 3 nitrogen and oxygen atoms in total. The maximum absolute atomic E-state index is 12.9. The molecular weight excluding hydrogens is 305 g/mol. The molecule has 1 aromatic carbocycles. The first-order chi connectivity index (χ1) is 11.0. The number of alkyl halides is 3. The van der Waals surface area contributed by atoms with Crippen molar-refractivity contribution in [3.8, 4) is 17.0 Å². The zero-order valence-electron chi connectivity index (χ0n) is 12.6. The smallest absolute Gasteiger partial charge is 0.416 e. The largest absolute Gasteiger partial charge is 0.496 e. The topological polar surface area (TPSA) is 35.0 Å². The molecule has 120 valence electrons. The lowest BCUT2D eigenvalue weighted by atomic mass is 10.00. The van der Waals surface area contributed by atoms with Gasteiger partial charge < -0.3 is 4.74 Å². The van der Waals surface area contributed by atoms with Crippen molar-refractivity contribution in [1.82, 2.24) is 10.2 Å². The van der Waals surface area contributed by atoms with Crippen molar-refractivity contribution in [2.45, 2.75) is 25.4 Å². The highest BCUT2D eigenvalue weighted by molar-refractivity contribution is 5.73. The number of methoxy groups -OCH3 is 1. The minimum absolute atomic E-state index is 0.148. The molecule has 1 aliphatic rings. The van der Waals surface area contributed by atoms with Crippen LogP contribution in [0.5, 0.6) is 5.75 Å². The average Bonchev–Trinajstić information content (AvgIpc) is 3.02. The molecular formula is C17H15F3N2O.